The van der Waals surface area contributed by atoms with E-state index in [0.29, 0.717) is 11.7 Å². The Morgan fingerprint density at radius 1 is 1.16 bits per heavy atom. The summed E-state index contributed by atoms with van der Waals surface area (Å²) >= 11 is 1.69. The van der Waals surface area contributed by atoms with Crippen molar-refractivity contribution in [1.82, 2.24) is 19.4 Å². The highest BCUT2D eigenvalue weighted by Gasteiger charge is 2.27. The predicted octanol–water partition coefficient (Wildman–Crippen LogP) is 5.56. The fraction of sp³-hybridized carbons (Fsp3) is 0.208. The van der Waals surface area contributed by atoms with Crippen LogP contribution < -0.4 is 11.1 Å². The number of nitrogens with one attached hydrogen (secondary N) is 1. The van der Waals surface area contributed by atoms with Gasteiger partial charge in [0, 0.05) is 42.0 Å². The third-order valence-electron chi connectivity index (χ3n) is 6.21. The minimum atomic E-state index is 0.489. The second kappa shape index (κ2) is 7.06. The Bertz CT molecular complexity index is 1420. The Labute approximate surface area is 183 Å². The average Bonchev–Trinajstić information content (AvgIpc) is 3.41. The molecule has 7 heteroatoms. The topological polar surface area (TPSA) is 81.1 Å². The van der Waals surface area contributed by atoms with E-state index in [4.69, 9.17) is 15.7 Å². The number of pyridine rings is 1. The molecule has 31 heavy (non-hydrogen) atoms. The van der Waals surface area contributed by atoms with Crippen molar-refractivity contribution in [2.24, 2.45) is 0 Å². The second-order valence-electron chi connectivity index (χ2n) is 7.99. The first-order valence-corrected chi connectivity index (χ1v) is 11.4. The van der Waals surface area contributed by atoms with E-state index in [2.05, 4.69) is 56.5 Å². The van der Waals surface area contributed by atoms with Crippen LogP contribution in [0.3, 0.4) is 0 Å². The molecule has 0 saturated heterocycles. The highest BCUT2D eigenvalue weighted by atomic mass is 32.1. The second-order valence-corrected chi connectivity index (χ2v) is 8.94. The summed E-state index contributed by atoms with van der Waals surface area (Å²) in [6, 6.07) is 12.6. The van der Waals surface area contributed by atoms with Crippen LogP contribution in [0.1, 0.15) is 31.0 Å². The smallest absolute Gasteiger partial charge is 0.150 e. The molecule has 0 unspecified atom stereocenters. The fourth-order valence-corrected chi connectivity index (χ4v) is 5.06. The van der Waals surface area contributed by atoms with Gasteiger partial charge in [-0.15, -0.1) is 11.3 Å². The minimum absolute atomic E-state index is 0.489. The lowest BCUT2D eigenvalue weighted by molar-refractivity contribution is 0.400. The van der Waals surface area contributed by atoms with Crippen LogP contribution >= 0.6 is 11.3 Å². The molecule has 1 saturated carbocycles. The Morgan fingerprint density at radius 3 is 2.81 bits per heavy atom. The number of anilines is 2. The Kier molecular flexibility index (Phi) is 4.17. The fourth-order valence-electron chi connectivity index (χ4n) is 4.38. The molecule has 6 nitrogen and oxygen atoms in total. The van der Waals surface area contributed by atoms with Crippen LogP contribution in [-0.2, 0) is 0 Å². The number of aromatic nitrogens is 4. The van der Waals surface area contributed by atoms with Gasteiger partial charge in [0.2, 0.25) is 0 Å². The molecule has 1 aromatic carbocycles. The zero-order valence-corrected chi connectivity index (χ0v) is 18.0. The van der Waals surface area contributed by atoms with Gasteiger partial charge in [0.25, 0.3) is 0 Å². The first-order chi connectivity index (χ1) is 15.2. The summed E-state index contributed by atoms with van der Waals surface area (Å²) in [7, 11) is 1.95. The molecule has 1 fully saturated rings. The maximum atomic E-state index is 6.32. The van der Waals surface area contributed by atoms with Gasteiger partial charge in [-0.2, -0.15) is 0 Å². The predicted molar refractivity (Wildman–Crippen MR) is 128 cm³/mol. The van der Waals surface area contributed by atoms with Crippen molar-refractivity contribution < 1.29 is 0 Å². The molecule has 0 radical (unpaired) electrons. The van der Waals surface area contributed by atoms with Gasteiger partial charge in [0.15, 0.2) is 0 Å². The van der Waals surface area contributed by atoms with E-state index in [1.54, 1.807) is 17.5 Å². The summed E-state index contributed by atoms with van der Waals surface area (Å²) < 4.78 is 2.13. The highest BCUT2D eigenvalue weighted by molar-refractivity contribution is 7.13. The number of benzene rings is 1. The van der Waals surface area contributed by atoms with Crippen molar-refractivity contribution in [2.75, 3.05) is 18.1 Å². The minimum Gasteiger partial charge on any atom is -0.388 e. The van der Waals surface area contributed by atoms with Crippen LogP contribution in [0.15, 0.2) is 54.2 Å². The number of hydrogen-bond donors (Lipinski definition) is 2. The Hall–Kier alpha value is -3.45. The number of nitrogens with zero attached hydrogens (tertiary/aromatic N) is 4. The maximum absolute atomic E-state index is 6.32. The number of rotatable bonds is 4. The van der Waals surface area contributed by atoms with Crippen LogP contribution in [0.4, 0.5) is 11.5 Å². The first kappa shape index (κ1) is 18.3. The van der Waals surface area contributed by atoms with E-state index in [1.807, 2.05) is 13.2 Å². The molecule has 6 rings (SSSR count). The normalized spacial score (nSPS) is 14.2. The van der Waals surface area contributed by atoms with Crippen LogP contribution in [0.2, 0.25) is 0 Å². The van der Waals surface area contributed by atoms with Crippen molar-refractivity contribution in [3.05, 3.63) is 60.0 Å². The number of fused-ring (bicyclic) bond motifs is 2. The van der Waals surface area contributed by atoms with Gasteiger partial charge in [-0.3, -0.25) is 4.40 Å². The zero-order valence-electron chi connectivity index (χ0n) is 17.2. The molecule has 0 bridgehead atoms. The van der Waals surface area contributed by atoms with E-state index in [9.17, 15) is 0 Å². The van der Waals surface area contributed by atoms with Gasteiger partial charge in [0.1, 0.15) is 22.9 Å². The molecule has 1 aliphatic rings. The summed E-state index contributed by atoms with van der Waals surface area (Å²) in [6.45, 7) is 0. The van der Waals surface area contributed by atoms with E-state index in [0.717, 1.165) is 49.8 Å². The first-order valence-electron chi connectivity index (χ1n) is 10.5. The van der Waals surface area contributed by atoms with E-state index in [-0.39, 0.29) is 0 Å². The number of thiophene rings is 1. The number of nitrogens with two attached hydrogens (primary N) is 1. The summed E-state index contributed by atoms with van der Waals surface area (Å²) in [5.41, 5.74) is 12.0. The average molecular weight is 427 g/mol. The quantitative estimate of drug-likeness (QED) is 0.393. The molecule has 0 aliphatic heterocycles. The molecule has 0 atom stereocenters. The van der Waals surface area contributed by atoms with Gasteiger partial charge in [-0.25, -0.2) is 15.0 Å². The van der Waals surface area contributed by atoms with E-state index >= 15 is 0 Å². The van der Waals surface area contributed by atoms with Crippen LogP contribution in [0.25, 0.3) is 38.2 Å². The SMILES string of the molecule is CNc1cc(-c2cccs2)nc2cc(-c3nc(C4CCC4)n4ccnc(N)c34)ccc12. The molecular formula is C24H22N6S. The standard InChI is InChI=1S/C24H22N6S/c1-26-17-13-19(20-6-3-11-31-20)28-18-12-15(7-8-16(17)18)21-22-23(25)27-9-10-30(22)24(29-21)14-4-2-5-14/h3,6-14H,2,4-5H2,1H3,(H2,25,27)(H,26,28). The highest BCUT2D eigenvalue weighted by Crippen LogP contribution is 2.40. The largest absolute Gasteiger partial charge is 0.388 e. The molecule has 4 aromatic heterocycles. The Balaban J connectivity index is 1.57. The van der Waals surface area contributed by atoms with Gasteiger partial charge in [0.05, 0.1) is 16.1 Å². The molecule has 0 amide bonds. The molecular weight excluding hydrogens is 404 g/mol. The van der Waals surface area contributed by atoms with Crippen molar-refractivity contribution >= 4 is 39.3 Å². The molecule has 0 spiro atoms. The lowest BCUT2D eigenvalue weighted by Gasteiger charge is -2.23. The third-order valence-corrected chi connectivity index (χ3v) is 7.10. The number of hydrogen-bond acceptors (Lipinski definition) is 6. The third kappa shape index (κ3) is 2.88. The van der Waals surface area contributed by atoms with Gasteiger partial charge in [-0.1, -0.05) is 24.6 Å². The summed E-state index contributed by atoms with van der Waals surface area (Å²) in [5.74, 6) is 2.08. The van der Waals surface area contributed by atoms with Crippen molar-refractivity contribution in [2.45, 2.75) is 25.2 Å². The molecule has 5 aromatic rings. The Morgan fingerprint density at radius 2 is 2.06 bits per heavy atom. The maximum Gasteiger partial charge on any atom is 0.150 e. The van der Waals surface area contributed by atoms with Gasteiger partial charge >= 0.3 is 0 Å². The van der Waals surface area contributed by atoms with Crippen LogP contribution in [0.5, 0.6) is 0 Å². The van der Waals surface area contributed by atoms with Gasteiger partial charge in [-0.05, 0) is 36.4 Å². The van der Waals surface area contributed by atoms with Crippen LogP contribution in [-0.4, -0.2) is 26.4 Å². The number of imidazole rings is 1. The summed E-state index contributed by atoms with van der Waals surface area (Å²) in [6.07, 6.45) is 7.34. The number of nitrogen functional groups attached to an aromatic ring is 1. The van der Waals surface area contributed by atoms with Gasteiger partial charge < -0.3 is 11.1 Å². The van der Waals surface area contributed by atoms with E-state index in [1.165, 1.54) is 19.3 Å². The molecule has 1 aliphatic carbocycles. The zero-order chi connectivity index (χ0) is 20.9. The summed E-state index contributed by atoms with van der Waals surface area (Å²) in [4.78, 5) is 15.5. The van der Waals surface area contributed by atoms with Crippen LogP contribution in [0, 0.1) is 0 Å². The van der Waals surface area contributed by atoms with Crippen molar-refractivity contribution in [1.29, 1.82) is 0 Å². The monoisotopic (exact) mass is 426 g/mol. The summed E-state index contributed by atoms with van der Waals surface area (Å²) in [5, 5.41) is 6.48. The molecule has 3 N–H and O–H groups in total. The van der Waals surface area contributed by atoms with Crippen molar-refractivity contribution in [3.63, 3.8) is 0 Å². The van der Waals surface area contributed by atoms with Crippen molar-refractivity contribution in [3.8, 4) is 21.8 Å². The van der Waals surface area contributed by atoms with E-state index < -0.39 is 0 Å². The lowest BCUT2D eigenvalue weighted by Crippen LogP contribution is -2.12. The lowest BCUT2D eigenvalue weighted by atomic mass is 9.85. The molecule has 154 valence electrons. The molecule has 4 heterocycles.